The van der Waals surface area contributed by atoms with Gasteiger partial charge in [-0.15, -0.1) is 0 Å². The Labute approximate surface area is 102 Å². The van der Waals surface area contributed by atoms with Gasteiger partial charge in [0.15, 0.2) is 5.58 Å². The fourth-order valence-corrected chi connectivity index (χ4v) is 1.90. The van der Waals surface area contributed by atoms with E-state index in [0.29, 0.717) is 5.58 Å². The monoisotopic (exact) mass is 283 g/mol. The predicted molar refractivity (Wildman–Crippen MR) is 68.0 cm³/mol. The highest BCUT2D eigenvalue weighted by Crippen LogP contribution is 2.40. The number of benzene rings is 1. The summed E-state index contributed by atoms with van der Waals surface area (Å²) in [7, 11) is 0. The highest BCUT2D eigenvalue weighted by Gasteiger charge is 2.23. The maximum Gasteiger partial charge on any atom is 0.417 e. The number of hydrogen-bond acceptors (Lipinski definition) is 2. The van der Waals surface area contributed by atoms with Crippen molar-refractivity contribution in [3.63, 3.8) is 0 Å². The van der Waals surface area contributed by atoms with E-state index in [-0.39, 0.29) is 10.2 Å². The maximum atomic E-state index is 11.0. The Bertz CT molecular complexity index is 562. The molecule has 3 nitrogen and oxygen atoms in total. The summed E-state index contributed by atoms with van der Waals surface area (Å²) < 4.78 is 5.04. The van der Waals surface area contributed by atoms with Gasteiger partial charge in [0, 0.05) is 4.83 Å². The van der Waals surface area contributed by atoms with Gasteiger partial charge in [-0.1, -0.05) is 42.8 Å². The van der Waals surface area contributed by atoms with Crippen LogP contribution in [0.15, 0.2) is 27.4 Å². The standard InChI is InChI=1S/C12H14BrNO2/c1-12(2,3)10(13)7-4-5-8-9(6-7)16-11(15)14-8/h4-6,10H,1-3H3,(H,14,15). The Morgan fingerprint density at radius 2 is 2.06 bits per heavy atom. The molecule has 1 aromatic heterocycles. The quantitative estimate of drug-likeness (QED) is 0.813. The summed E-state index contributed by atoms with van der Waals surface area (Å²) in [6.45, 7) is 6.47. The average Bonchev–Trinajstić information content (AvgIpc) is 2.54. The van der Waals surface area contributed by atoms with Gasteiger partial charge in [-0.25, -0.2) is 4.79 Å². The maximum absolute atomic E-state index is 11.0. The van der Waals surface area contributed by atoms with E-state index in [0.717, 1.165) is 11.1 Å². The molecule has 0 amide bonds. The predicted octanol–water partition coefficient (Wildman–Crippen LogP) is 3.60. The number of H-pyrrole nitrogens is 1. The van der Waals surface area contributed by atoms with Crippen LogP contribution in [0.1, 0.15) is 31.2 Å². The Morgan fingerprint density at radius 3 is 2.69 bits per heavy atom. The first-order valence-electron chi connectivity index (χ1n) is 5.15. The average molecular weight is 284 g/mol. The van der Waals surface area contributed by atoms with Crippen molar-refractivity contribution in [2.24, 2.45) is 5.41 Å². The normalized spacial score (nSPS) is 14.2. The molecule has 0 saturated carbocycles. The van der Waals surface area contributed by atoms with E-state index in [9.17, 15) is 4.79 Å². The van der Waals surface area contributed by atoms with E-state index >= 15 is 0 Å². The zero-order valence-electron chi connectivity index (χ0n) is 9.50. The smallest absolute Gasteiger partial charge is 0.408 e. The van der Waals surface area contributed by atoms with Gasteiger partial charge in [-0.2, -0.15) is 0 Å². The van der Waals surface area contributed by atoms with E-state index in [1.54, 1.807) is 0 Å². The van der Waals surface area contributed by atoms with E-state index in [1.165, 1.54) is 0 Å². The molecule has 1 unspecified atom stereocenters. The second-order valence-corrected chi connectivity index (χ2v) is 5.91. The molecular weight excluding hydrogens is 270 g/mol. The number of hydrogen-bond donors (Lipinski definition) is 1. The van der Waals surface area contributed by atoms with Crippen molar-refractivity contribution in [2.45, 2.75) is 25.6 Å². The number of oxazole rings is 1. The van der Waals surface area contributed by atoms with Crippen LogP contribution >= 0.6 is 15.9 Å². The number of alkyl halides is 1. The van der Waals surface area contributed by atoms with E-state index in [4.69, 9.17) is 4.42 Å². The Kier molecular flexibility index (Phi) is 2.70. The second kappa shape index (κ2) is 3.77. The van der Waals surface area contributed by atoms with Gasteiger partial charge in [0.1, 0.15) is 0 Å². The molecule has 16 heavy (non-hydrogen) atoms. The molecule has 0 saturated heterocycles. The van der Waals surface area contributed by atoms with Crippen LogP contribution in [-0.2, 0) is 0 Å². The summed E-state index contributed by atoms with van der Waals surface area (Å²) in [5.41, 5.74) is 2.57. The van der Waals surface area contributed by atoms with Gasteiger partial charge in [0.2, 0.25) is 0 Å². The van der Waals surface area contributed by atoms with Crippen molar-refractivity contribution in [2.75, 3.05) is 0 Å². The third-order valence-corrected chi connectivity index (χ3v) is 4.40. The minimum atomic E-state index is -0.408. The van der Waals surface area contributed by atoms with Crippen LogP contribution in [0.5, 0.6) is 0 Å². The fraction of sp³-hybridized carbons (Fsp3) is 0.417. The highest BCUT2D eigenvalue weighted by atomic mass is 79.9. The zero-order chi connectivity index (χ0) is 11.9. The highest BCUT2D eigenvalue weighted by molar-refractivity contribution is 9.09. The van der Waals surface area contributed by atoms with Gasteiger partial charge in [-0.3, -0.25) is 4.98 Å². The van der Waals surface area contributed by atoms with Crippen LogP contribution in [0.3, 0.4) is 0 Å². The third-order valence-electron chi connectivity index (χ3n) is 2.50. The Morgan fingerprint density at radius 1 is 1.38 bits per heavy atom. The van der Waals surface area contributed by atoms with Crippen LogP contribution in [0.25, 0.3) is 11.1 Å². The molecule has 2 rings (SSSR count). The number of fused-ring (bicyclic) bond motifs is 1. The fourth-order valence-electron chi connectivity index (χ4n) is 1.62. The number of nitrogens with one attached hydrogen (secondary N) is 1. The van der Waals surface area contributed by atoms with Crippen molar-refractivity contribution >= 4 is 27.0 Å². The minimum Gasteiger partial charge on any atom is -0.408 e. The number of aromatic nitrogens is 1. The van der Waals surface area contributed by atoms with Gasteiger partial charge >= 0.3 is 5.76 Å². The molecule has 4 heteroatoms. The van der Waals surface area contributed by atoms with Crippen molar-refractivity contribution in [3.05, 3.63) is 34.3 Å². The molecule has 0 spiro atoms. The van der Waals surface area contributed by atoms with Gasteiger partial charge in [-0.05, 0) is 23.1 Å². The molecule has 1 heterocycles. The summed E-state index contributed by atoms with van der Waals surface area (Å²) in [6.07, 6.45) is 0. The molecular formula is C12H14BrNO2. The topological polar surface area (TPSA) is 46.0 Å². The molecule has 0 radical (unpaired) electrons. The molecule has 0 bridgehead atoms. The molecule has 0 aliphatic heterocycles. The molecule has 2 aromatic rings. The summed E-state index contributed by atoms with van der Waals surface area (Å²) in [5, 5.41) is 0. The summed E-state index contributed by atoms with van der Waals surface area (Å²) >= 11 is 3.67. The van der Waals surface area contributed by atoms with Crippen molar-refractivity contribution in [3.8, 4) is 0 Å². The zero-order valence-corrected chi connectivity index (χ0v) is 11.1. The SMILES string of the molecule is CC(C)(C)C(Br)c1ccc2[nH]c(=O)oc2c1. The van der Waals surface area contributed by atoms with Crippen LogP contribution in [0.2, 0.25) is 0 Å². The Balaban J connectivity index is 2.50. The van der Waals surface area contributed by atoms with Crippen LogP contribution in [-0.4, -0.2) is 4.98 Å². The first kappa shape index (κ1) is 11.5. The summed E-state index contributed by atoms with van der Waals surface area (Å²) in [5.74, 6) is -0.408. The lowest BCUT2D eigenvalue weighted by Crippen LogP contribution is -2.12. The number of halogens is 1. The molecule has 0 fully saturated rings. The molecule has 1 aromatic carbocycles. The largest absolute Gasteiger partial charge is 0.417 e. The minimum absolute atomic E-state index is 0.115. The molecule has 1 N–H and O–H groups in total. The first-order valence-corrected chi connectivity index (χ1v) is 6.06. The lowest BCUT2D eigenvalue weighted by Gasteiger charge is -2.25. The van der Waals surface area contributed by atoms with Crippen LogP contribution in [0, 0.1) is 5.41 Å². The van der Waals surface area contributed by atoms with Gasteiger partial charge < -0.3 is 4.42 Å². The molecule has 0 aliphatic rings. The first-order chi connectivity index (χ1) is 7.38. The van der Waals surface area contributed by atoms with E-state index in [1.807, 2.05) is 18.2 Å². The number of aromatic amines is 1. The van der Waals surface area contributed by atoms with E-state index in [2.05, 4.69) is 41.7 Å². The van der Waals surface area contributed by atoms with E-state index < -0.39 is 5.76 Å². The lowest BCUT2D eigenvalue weighted by molar-refractivity contribution is 0.407. The number of rotatable bonds is 1. The van der Waals surface area contributed by atoms with Gasteiger partial charge in [0.25, 0.3) is 0 Å². The molecule has 0 aliphatic carbocycles. The Hall–Kier alpha value is -1.03. The molecule has 86 valence electrons. The second-order valence-electron chi connectivity index (χ2n) is 5.00. The third kappa shape index (κ3) is 2.07. The van der Waals surface area contributed by atoms with Gasteiger partial charge in [0.05, 0.1) is 5.52 Å². The van der Waals surface area contributed by atoms with Crippen LogP contribution < -0.4 is 5.76 Å². The van der Waals surface area contributed by atoms with Crippen LogP contribution in [0.4, 0.5) is 0 Å². The van der Waals surface area contributed by atoms with Crippen molar-refractivity contribution < 1.29 is 4.42 Å². The molecule has 1 atom stereocenters. The lowest BCUT2D eigenvalue weighted by atomic mass is 9.88. The van der Waals surface area contributed by atoms with Crippen molar-refractivity contribution in [1.82, 2.24) is 4.98 Å². The summed E-state index contributed by atoms with van der Waals surface area (Å²) in [4.78, 5) is 13.9. The van der Waals surface area contributed by atoms with Crippen molar-refractivity contribution in [1.29, 1.82) is 0 Å². The summed E-state index contributed by atoms with van der Waals surface area (Å²) in [6, 6.07) is 5.77.